The van der Waals surface area contributed by atoms with Crippen LogP contribution in [0.2, 0.25) is 0 Å². The standard InChI is InChI=1S/C15H20N4O/c1-12-13-4-2-3-5-14(13)15(18-17-12)16-6-7-19-8-10-20-11-9-19/h2-5H,6-11H2,1H3,(H,16,18). The summed E-state index contributed by atoms with van der Waals surface area (Å²) < 4.78 is 5.35. The maximum absolute atomic E-state index is 5.35. The Morgan fingerprint density at radius 1 is 1.15 bits per heavy atom. The van der Waals surface area contributed by atoms with Gasteiger partial charge in [-0.15, -0.1) is 5.10 Å². The topological polar surface area (TPSA) is 50.3 Å². The van der Waals surface area contributed by atoms with Gasteiger partial charge < -0.3 is 10.1 Å². The minimum Gasteiger partial charge on any atom is -0.379 e. The highest BCUT2D eigenvalue weighted by molar-refractivity contribution is 5.92. The second kappa shape index (κ2) is 6.15. The highest BCUT2D eigenvalue weighted by atomic mass is 16.5. The highest BCUT2D eigenvalue weighted by Crippen LogP contribution is 2.21. The molecule has 0 radical (unpaired) electrons. The first-order valence-electron chi connectivity index (χ1n) is 7.10. The van der Waals surface area contributed by atoms with E-state index in [4.69, 9.17) is 4.74 Å². The Bertz CT molecular complexity index is 581. The number of nitrogens with zero attached hydrogens (tertiary/aromatic N) is 3. The Balaban J connectivity index is 1.67. The second-order valence-electron chi connectivity index (χ2n) is 5.06. The van der Waals surface area contributed by atoms with Crippen LogP contribution in [-0.4, -0.2) is 54.5 Å². The van der Waals surface area contributed by atoms with Crippen molar-refractivity contribution in [3.05, 3.63) is 30.0 Å². The monoisotopic (exact) mass is 272 g/mol. The fourth-order valence-electron chi connectivity index (χ4n) is 2.53. The Morgan fingerprint density at radius 3 is 2.70 bits per heavy atom. The molecular weight excluding hydrogens is 252 g/mol. The van der Waals surface area contributed by atoms with E-state index < -0.39 is 0 Å². The van der Waals surface area contributed by atoms with E-state index in [1.54, 1.807) is 0 Å². The van der Waals surface area contributed by atoms with Crippen molar-refractivity contribution in [1.82, 2.24) is 15.1 Å². The first kappa shape index (κ1) is 13.3. The van der Waals surface area contributed by atoms with E-state index in [1.165, 1.54) is 0 Å². The van der Waals surface area contributed by atoms with Gasteiger partial charge in [-0.1, -0.05) is 24.3 Å². The molecular formula is C15H20N4O. The van der Waals surface area contributed by atoms with Crippen LogP contribution < -0.4 is 5.32 Å². The summed E-state index contributed by atoms with van der Waals surface area (Å²) in [7, 11) is 0. The molecule has 5 nitrogen and oxygen atoms in total. The second-order valence-corrected chi connectivity index (χ2v) is 5.06. The van der Waals surface area contributed by atoms with E-state index in [1.807, 2.05) is 19.1 Å². The van der Waals surface area contributed by atoms with E-state index in [9.17, 15) is 0 Å². The van der Waals surface area contributed by atoms with Gasteiger partial charge in [-0.25, -0.2) is 0 Å². The lowest BCUT2D eigenvalue weighted by molar-refractivity contribution is 0.0398. The van der Waals surface area contributed by atoms with Crippen LogP contribution in [0.25, 0.3) is 10.8 Å². The largest absolute Gasteiger partial charge is 0.379 e. The van der Waals surface area contributed by atoms with Crippen LogP contribution >= 0.6 is 0 Å². The number of hydrogen-bond acceptors (Lipinski definition) is 5. The summed E-state index contributed by atoms with van der Waals surface area (Å²) in [5, 5.41) is 14.2. The minimum absolute atomic E-state index is 0.841. The third-order valence-electron chi connectivity index (χ3n) is 3.70. The van der Waals surface area contributed by atoms with E-state index in [0.717, 1.165) is 61.7 Å². The van der Waals surface area contributed by atoms with Crippen molar-refractivity contribution < 1.29 is 4.74 Å². The predicted molar refractivity (Wildman–Crippen MR) is 80.0 cm³/mol. The minimum atomic E-state index is 0.841. The lowest BCUT2D eigenvalue weighted by Gasteiger charge is -2.26. The van der Waals surface area contributed by atoms with Crippen molar-refractivity contribution >= 4 is 16.6 Å². The quantitative estimate of drug-likeness (QED) is 0.917. The SMILES string of the molecule is Cc1nnc(NCCN2CCOCC2)c2ccccc12. The first-order valence-corrected chi connectivity index (χ1v) is 7.10. The van der Waals surface area contributed by atoms with Crippen LogP contribution in [0, 0.1) is 6.92 Å². The molecule has 1 saturated heterocycles. The number of aromatic nitrogens is 2. The van der Waals surface area contributed by atoms with E-state index in [0.29, 0.717) is 0 Å². The van der Waals surface area contributed by atoms with Gasteiger partial charge in [-0.3, -0.25) is 4.90 Å². The molecule has 1 fully saturated rings. The number of morpholine rings is 1. The molecule has 1 N–H and O–H groups in total. The summed E-state index contributed by atoms with van der Waals surface area (Å²) in [6.45, 7) is 7.59. The maximum Gasteiger partial charge on any atom is 0.156 e. The molecule has 0 atom stereocenters. The lowest BCUT2D eigenvalue weighted by atomic mass is 10.1. The van der Waals surface area contributed by atoms with Gasteiger partial charge in [0.05, 0.1) is 18.9 Å². The molecule has 0 amide bonds. The van der Waals surface area contributed by atoms with Gasteiger partial charge >= 0.3 is 0 Å². The summed E-state index contributed by atoms with van der Waals surface area (Å²) in [5.74, 6) is 0.874. The molecule has 1 aliphatic rings. The van der Waals surface area contributed by atoms with Crippen molar-refractivity contribution in [1.29, 1.82) is 0 Å². The van der Waals surface area contributed by atoms with Crippen LogP contribution in [0.15, 0.2) is 24.3 Å². The fraction of sp³-hybridized carbons (Fsp3) is 0.467. The summed E-state index contributed by atoms with van der Waals surface area (Å²) >= 11 is 0. The molecule has 1 aromatic heterocycles. The summed E-state index contributed by atoms with van der Waals surface area (Å²) in [6.07, 6.45) is 0. The van der Waals surface area contributed by atoms with Crippen LogP contribution in [0.5, 0.6) is 0 Å². The number of nitrogens with one attached hydrogen (secondary N) is 1. The van der Waals surface area contributed by atoms with Crippen LogP contribution in [-0.2, 0) is 4.74 Å². The van der Waals surface area contributed by atoms with Gasteiger partial charge in [0.15, 0.2) is 5.82 Å². The Morgan fingerprint density at radius 2 is 1.90 bits per heavy atom. The van der Waals surface area contributed by atoms with E-state index in [2.05, 4.69) is 32.5 Å². The van der Waals surface area contributed by atoms with Gasteiger partial charge in [0.1, 0.15) is 0 Å². The molecule has 106 valence electrons. The van der Waals surface area contributed by atoms with Crippen molar-refractivity contribution in [2.75, 3.05) is 44.7 Å². The van der Waals surface area contributed by atoms with Gasteiger partial charge in [-0.2, -0.15) is 5.10 Å². The summed E-state index contributed by atoms with van der Waals surface area (Å²) in [6, 6.07) is 8.26. The van der Waals surface area contributed by atoms with Gasteiger partial charge in [-0.05, 0) is 6.92 Å². The first-order chi connectivity index (χ1) is 9.84. The molecule has 3 rings (SSSR count). The number of aryl methyl sites for hydroxylation is 1. The normalized spacial score (nSPS) is 16.4. The summed E-state index contributed by atoms with van der Waals surface area (Å²) in [4.78, 5) is 2.40. The smallest absolute Gasteiger partial charge is 0.156 e. The van der Waals surface area contributed by atoms with Crippen LogP contribution in [0.3, 0.4) is 0 Å². The number of ether oxygens (including phenoxy) is 1. The Hall–Kier alpha value is -1.72. The zero-order chi connectivity index (χ0) is 13.8. The number of anilines is 1. The van der Waals surface area contributed by atoms with E-state index >= 15 is 0 Å². The molecule has 0 aliphatic carbocycles. The van der Waals surface area contributed by atoms with Crippen LogP contribution in [0.1, 0.15) is 5.69 Å². The molecule has 2 heterocycles. The number of fused-ring (bicyclic) bond motifs is 1. The molecule has 5 heteroatoms. The third-order valence-corrected chi connectivity index (χ3v) is 3.70. The predicted octanol–water partition coefficient (Wildman–Crippen LogP) is 1.68. The van der Waals surface area contributed by atoms with Crippen molar-refractivity contribution in [3.8, 4) is 0 Å². The van der Waals surface area contributed by atoms with Crippen LogP contribution in [0.4, 0.5) is 5.82 Å². The van der Waals surface area contributed by atoms with Crippen molar-refractivity contribution in [3.63, 3.8) is 0 Å². The molecule has 2 aromatic rings. The van der Waals surface area contributed by atoms with Gasteiger partial charge in [0.2, 0.25) is 0 Å². The number of benzene rings is 1. The highest BCUT2D eigenvalue weighted by Gasteiger charge is 2.10. The van der Waals surface area contributed by atoms with Gasteiger partial charge in [0, 0.05) is 37.0 Å². The fourth-order valence-corrected chi connectivity index (χ4v) is 2.53. The van der Waals surface area contributed by atoms with E-state index in [-0.39, 0.29) is 0 Å². The lowest BCUT2D eigenvalue weighted by Crippen LogP contribution is -2.39. The molecule has 20 heavy (non-hydrogen) atoms. The Kier molecular flexibility index (Phi) is 4.08. The third kappa shape index (κ3) is 2.89. The zero-order valence-corrected chi connectivity index (χ0v) is 11.8. The summed E-state index contributed by atoms with van der Waals surface area (Å²) in [5.41, 5.74) is 0.972. The Labute approximate surface area is 118 Å². The molecule has 0 saturated carbocycles. The molecule has 1 aliphatic heterocycles. The average molecular weight is 272 g/mol. The zero-order valence-electron chi connectivity index (χ0n) is 11.8. The average Bonchev–Trinajstić information content (AvgIpc) is 2.51. The molecule has 0 unspecified atom stereocenters. The maximum atomic E-state index is 5.35. The molecule has 1 aromatic carbocycles. The number of hydrogen-bond donors (Lipinski definition) is 1. The number of rotatable bonds is 4. The van der Waals surface area contributed by atoms with Crippen molar-refractivity contribution in [2.45, 2.75) is 6.92 Å². The molecule has 0 bridgehead atoms. The van der Waals surface area contributed by atoms with Gasteiger partial charge in [0.25, 0.3) is 0 Å². The van der Waals surface area contributed by atoms with Crippen molar-refractivity contribution in [2.24, 2.45) is 0 Å². The molecule has 0 spiro atoms.